The third-order valence-corrected chi connectivity index (χ3v) is 8.50. The molecule has 0 saturated carbocycles. The number of nitrogens with one attached hydrogen (secondary N) is 1. The number of nitrogens with zero attached hydrogens (tertiary/aromatic N) is 3. The van der Waals surface area contributed by atoms with Crippen molar-refractivity contribution in [1.82, 2.24) is 10.4 Å². The van der Waals surface area contributed by atoms with Crippen LogP contribution < -0.4 is 20.9 Å². The molecule has 0 unspecified atom stereocenters. The average Bonchev–Trinajstić information content (AvgIpc) is 3.47. The molecule has 2 aromatic rings. The van der Waals surface area contributed by atoms with Crippen LogP contribution in [0.2, 0.25) is 0 Å². The molecule has 0 aliphatic carbocycles. The Morgan fingerprint density at radius 3 is 2.65 bits per heavy atom. The van der Waals surface area contributed by atoms with E-state index in [0.29, 0.717) is 23.4 Å². The van der Waals surface area contributed by atoms with Crippen LogP contribution in [-0.4, -0.2) is 71.7 Å². The first-order chi connectivity index (χ1) is 18.0. The van der Waals surface area contributed by atoms with Crippen LogP contribution in [0.4, 0.5) is 5.69 Å². The predicted molar refractivity (Wildman–Crippen MR) is 145 cm³/mol. The van der Waals surface area contributed by atoms with E-state index in [1.54, 1.807) is 31.0 Å². The number of methoxy groups -OCH3 is 1. The smallest absolute Gasteiger partial charge is 0.249 e. The highest BCUT2D eigenvalue weighted by Gasteiger charge is 2.44. The van der Waals surface area contributed by atoms with E-state index in [4.69, 9.17) is 10.5 Å². The summed E-state index contributed by atoms with van der Waals surface area (Å²) in [5.74, 6) is 0.649. The van der Waals surface area contributed by atoms with E-state index < -0.39 is 17.4 Å². The van der Waals surface area contributed by atoms with Gasteiger partial charge in [0.1, 0.15) is 5.75 Å². The second-order valence-electron chi connectivity index (χ2n) is 9.43. The third-order valence-electron chi connectivity index (χ3n) is 7.47. The number of likely N-dealkylation sites (tertiary alicyclic amines) is 1. The Hall–Kier alpha value is -3.50. The quantitative estimate of drug-likeness (QED) is 0.395. The van der Waals surface area contributed by atoms with Gasteiger partial charge in [0.05, 0.1) is 31.2 Å². The van der Waals surface area contributed by atoms with Crippen LogP contribution in [0.3, 0.4) is 0 Å². The van der Waals surface area contributed by atoms with Gasteiger partial charge < -0.3 is 20.3 Å². The van der Waals surface area contributed by atoms with E-state index in [9.17, 15) is 14.8 Å². The standard InChI is InChI=1S/C27H31N5O4S/c1-36-22-8-4-6-20(25(28)34)24(22)19-9-13-32(21-7-3-2-5-18(19)21)27(17-23(33)30-35)10-14-31(15-11-27)26-29-12-16-37-26/h2-9,35H,10-17H2,1H3,(H2,28,34)(H,30,33). The number of carbonyl (C=O) groups excluding carboxylic acids is 2. The second kappa shape index (κ2) is 10.5. The van der Waals surface area contributed by atoms with Gasteiger partial charge in [-0.05, 0) is 36.6 Å². The van der Waals surface area contributed by atoms with Gasteiger partial charge in [-0.1, -0.05) is 42.1 Å². The molecule has 1 saturated heterocycles. The first-order valence-electron chi connectivity index (χ1n) is 12.4. The average molecular weight is 522 g/mol. The third kappa shape index (κ3) is 4.67. The lowest BCUT2D eigenvalue weighted by Gasteiger charge is -2.51. The lowest BCUT2D eigenvalue weighted by molar-refractivity contribution is -0.130. The van der Waals surface area contributed by atoms with E-state index in [2.05, 4.69) is 20.9 Å². The minimum absolute atomic E-state index is 0.162. The molecule has 0 radical (unpaired) electrons. The van der Waals surface area contributed by atoms with Crippen molar-refractivity contribution in [3.63, 3.8) is 0 Å². The van der Waals surface area contributed by atoms with E-state index in [1.165, 1.54) is 0 Å². The van der Waals surface area contributed by atoms with Gasteiger partial charge in [0.2, 0.25) is 11.8 Å². The number of primary amides is 1. The summed E-state index contributed by atoms with van der Waals surface area (Å²) in [4.78, 5) is 34.1. The van der Waals surface area contributed by atoms with Crippen molar-refractivity contribution < 1.29 is 19.5 Å². The minimum Gasteiger partial charge on any atom is -0.496 e. The predicted octanol–water partition coefficient (Wildman–Crippen LogP) is 2.88. The SMILES string of the molecule is COc1cccc(C(N)=O)c1C1=CCN(C2(CC(=O)NO)CCN(C3=NCCS3)CC2)c2ccccc21. The first kappa shape index (κ1) is 25.2. The van der Waals surface area contributed by atoms with Crippen molar-refractivity contribution in [3.05, 3.63) is 65.2 Å². The molecule has 0 atom stereocenters. The molecule has 9 nitrogen and oxygen atoms in total. The fourth-order valence-electron chi connectivity index (χ4n) is 5.71. The molecule has 0 spiro atoms. The molecule has 194 valence electrons. The largest absolute Gasteiger partial charge is 0.496 e. The number of benzene rings is 2. The van der Waals surface area contributed by atoms with E-state index in [1.807, 2.05) is 35.8 Å². The number of carbonyl (C=O) groups is 2. The topological polar surface area (TPSA) is 120 Å². The van der Waals surface area contributed by atoms with Crippen LogP contribution in [0.1, 0.15) is 40.7 Å². The van der Waals surface area contributed by atoms with Crippen molar-refractivity contribution in [2.45, 2.75) is 24.8 Å². The van der Waals surface area contributed by atoms with Crippen molar-refractivity contribution in [2.24, 2.45) is 10.7 Å². The summed E-state index contributed by atoms with van der Waals surface area (Å²) in [6, 6.07) is 13.3. The van der Waals surface area contributed by atoms with Crippen LogP contribution in [0.15, 0.2) is 53.5 Å². The number of amidine groups is 1. The van der Waals surface area contributed by atoms with Crippen molar-refractivity contribution in [2.75, 3.05) is 43.9 Å². The van der Waals surface area contributed by atoms with Crippen molar-refractivity contribution >= 4 is 40.0 Å². The summed E-state index contributed by atoms with van der Waals surface area (Å²) in [6.45, 7) is 2.92. The van der Waals surface area contributed by atoms with Gasteiger partial charge in [0.15, 0.2) is 5.17 Å². The highest BCUT2D eigenvalue weighted by molar-refractivity contribution is 8.14. The Balaban J connectivity index is 1.55. The van der Waals surface area contributed by atoms with Gasteiger partial charge in [-0.15, -0.1) is 0 Å². The monoisotopic (exact) mass is 521 g/mol. The Morgan fingerprint density at radius 1 is 1.19 bits per heavy atom. The lowest BCUT2D eigenvalue weighted by Crippen LogP contribution is -2.58. The number of rotatable bonds is 6. The van der Waals surface area contributed by atoms with E-state index in [0.717, 1.165) is 60.2 Å². The van der Waals surface area contributed by atoms with Crippen LogP contribution in [0.25, 0.3) is 5.57 Å². The van der Waals surface area contributed by atoms with Crippen molar-refractivity contribution in [1.29, 1.82) is 0 Å². The Bertz CT molecular complexity index is 1270. The molecule has 5 rings (SSSR count). The minimum atomic E-state index is -0.522. The molecule has 2 aromatic carbocycles. The zero-order valence-electron chi connectivity index (χ0n) is 20.8. The molecule has 2 amide bonds. The van der Waals surface area contributed by atoms with Gasteiger partial charge in [-0.25, -0.2) is 5.48 Å². The number of para-hydroxylation sites is 1. The highest BCUT2D eigenvalue weighted by atomic mass is 32.2. The molecular formula is C27H31N5O4S. The molecule has 4 N–H and O–H groups in total. The van der Waals surface area contributed by atoms with Gasteiger partial charge in [0, 0.05) is 42.2 Å². The summed E-state index contributed by atoms with van der Waals surface area (Å²) < 4.78 is 5.63. The molecule has 3 heterocycles. The number of hydrogen-bond acceptors (Lipinski definition) is 8. The number of nitrogens with two attached hydrogens (primary N) is 1. The maximum Gasteiger partial charge on any atom is 0.249 e. The molecule has 0 bridgehead atoms. The van der Waals surface area contributed by atoms with Gasteiger partial charge in [0.25, 0.3) is 0 Å². The van der Waals surface area contributed by atoms with Crippen LogP contribution >= 0.6 is 11.8 Å². The molecule has 1 fully saturated rings. The Labute approximate surface area is 220 Å². The maximum atomic E-state index is 12.6. The van der Waals surface area contributed by atoms with Gasteiger partial charge in [-0.2, -0.15) is 0 Å². The van der Waals surface area contributed by atoms with E-state index in [-0.39, 0.29) is 6.42 Å². The molecular weight excluding hydrogens is 490 g/mol. The summed E-state index contributed by atoms with van der Waals surface area (Å²) in [7, 11) is 1.58. The van der Waals surface area contributed by atoms with Gasteiger partial charge >= 0.3 is 0 Å². The highest BCUT2D eigenvalue weighted by Crippen LogP contribution is 2.45. The first-order valence-corrected chi connectivity index (χ1v) is 13.4. The fourth-order valence-corrected chi connectivity index (χ4v) is 6.62. The number of amides is 2. The molecule has 10 heteroatoms. The molecule has 37 heavy (non-hydrogen) atoms. The number of hydrogen-bond donors (Lipinski definition) is 3. The number of ether oxygens (including phenoxy) is 1. The van der Waals surface area contributed by atoms with Crippen molar-refractivity contribution in [3.8, 4) is 5.75 Å². The normalized spacial score (nSPS) is 18.5. The summed E-state index contributed by atoms with van der Waals surface area (Å²) >= 11 is 1.78. The number of thioether (sulfide) groups is 1. The number of piperidine rings is 1. The second-order valence-corrected chi connectivity index (χ2v) is 10.5. The fraction of sp³-hybridized carbons (Fsp3) is 0.370. The number of aliphatic imine (C=N–C) groups is 1. The number of hydroxylamine groups is 1. The molecule has 3 aliphatic rings. The van der Waals surface area contributed by atoms with Crippen LogP contribution in [-0.2, 0) is 4.79 Å². The Morgan fingerprint density at radius 2 is 1.97 bits per heavy atom. The molecule has 3 aliphatic heterocycles. The van der Waals surface area contributed by atoms with Crippen LogP contribution in [0, 0.1) is 0 Å². The lowest BCUT2D eigenvalue weighted by atomic mass is 9.79. The summed E-state index contributed by atoms with van der Waals surface area (Å²) in [6.07, 6.45) is 3.71. The van der Waals surface area contributed by atoms with E-state index >= 15 is 0 Å². The van der Waals surface area contributed by atoms with Gasteiger partial charge in [-0.3, -0.25) is 19.8 Å². The summed E-state index contributed by atoms with van der Waals surface area (Å²) in [5, 5.41) is 10.5. The zero-order valence-corrected chi connectivity index (χ0v) is 21.6. The molecule has 0 aromatic heterocycles. The zero-order chi connectivity index (χ0) is 26.0. The number of fused-ring (bicyclic) bond motifs is 1. The number of anilines is 1. The maximum absolute atomic E-state index is 12.6. The van der Waals surface area contributed by atoms with Crippen LogP contribution in [0.5, 0.6) is 5.75 Å². The Kier molecular flexibility index (Phi) is 7.12. The summed E-state index contributed by atoms with van der Waals surface area (Å²) in [5.41, 5.74) is 10.9.